The maximum atomic E-state index is 4.28. The van der Waals surface area contributed by atoms with Crippen LogP contribution in [0.4, 0.5) is 17.2 Å². The fourth-order valence-electron chi connectivity index (χ4n) is 1.67. The minimum Gasteiger partial charge on any atom is -0.338 e. The van der Waals surface area contributed by atoms with Crippen LogP contribution in [0.3, 0.4) is 0 Å². The standard InChI is InChI=1S/C12H10N4/c1-2-4-9(5-3-1)16-12-11-10(6-7-13-11)14-8-15-12/h1-5,7-8H,6H2,(H,14,15,16). The van der Waals surface area contributed by atoms with Crippen LogP contribution in [-0.4, -0.2) is 16.2 Å². The molecule has 0 bridgehead atoms. The first-order chi connectivity index (χ1) is 7.93. The summed E-state index contributed by atoms with van der Waals surface area (Å²) < 4.78 is 0. The van der Waals surface area contributed by atoms with Crippen LogP contribution < -0.4 is 5.32 Å². The van der Waals surface area contributed by atoms with E-state index >= 15 is 0 Å². The highest BCUT2D eigenvalue weighted by Crippen LogP contribution is 2.30. The van der Waals surface area contributed by atoms with Gasteiger partial charge in [0.15, 0.2) is 5.82 Å². The number of hydrogen-bond acceptors (Lipinski definition) is 4. The van der Waals surface area contributed by atoms with Gasteiger partial charge in [-0.05, 0) is 12.1 Å². The van der Waals surface area contributed by atoms with Crippen molar-refractivity contribution in [1.82, 2.24) is 9.97 Å². The van der Waals surface area contributed by atoms with Crippen LogP contribution in [0.1, 0.15) is 5.69 Å². The molecule has 0 aliphatic carbocycles. The van der Waals surface area contributed by atoms with Crippen molar-refractivity contribution < 1.29 is 0 Å². The fourth-order valence-corrected chi connectivity index (χ4v) is 1.67. The number of hydrogen-bond donors (Lipinski definition) is 1. The highest BCUT2D eigenvalue weighted by atomic mass is 15.1. The van der Waals surface area contributed by atoms with Gasteiger partial charge in [0.05, 0.1) is 5.69 Å². The molecule has 3 rings (SSSR count). The summed E-state index contributed by atoms with van der Waals surface area (Å²) in [6.45, 7) is 0. The number of aliphatic imine (C=N–C) groups is 1. The predicted molar refractivity (Wildman–Crippen MR) is 63.6 cm³/mol. The summed E-state index contributed by atoms with van der Waals surface area (Å²) in [5.74, 6) is 0.768. The number of nitrogens with zero attached hydrogens (tertiary/aromatic N) is 3. The number of para-hydroxylation sites is 1. The summed E-state index contributed by atoms with van der Waals surface area (Å²) in [5.41, 5.74) is 2.84. The van der Waals surface area contributed by atoms with Crippen molar-refractivity contribution in [2.24, 2.45) is 4.99 Å². The van der Waals surface area contributed by atoms with Crippen LogP contribution in [0.25, 0.3) is 0 Å². The van der Waals surface area contributed by atoms with Gasteiger partial charge < -0.3 is 5.32 Å². The third-order valence-electron chi connectivity index (χ3n) is 2.44. The van der Waals surface area contributed by atoms with E-state index in [0.29, 0.717) is 0 Å². The summed E-state index contributed by atoms with van der Waals surface area (Å²) in [7, 11) is 0. The lowest BCUT2D eigenvalue weighted by Gasteiger charge is -2.07. The Hall–Kier alpha value is -2.23. The van der Waals surface area contributed by atoms with Gasteiger partial charge in [0.25, 0.3) is 0 Å². The molecule has 0 radical (unpaired) electrons. The summed E-state index contributed by atoms with van der Waals surface area (Å²) in [6.07, 6.45) is 4.22. The molecule has 2 aromatic rings. The average molecular weight is 210 g/mol. The maximum absolute atomic E-state index is 4.28. The lowest BCUT2D eigenvalue weighted by atomic mass is 10.3. The van der Waals surface area contributed by atoms with Crippen LogP contribution in [0.2, 0.25) is 0 Å². The molecule has 1 N–H and O–H groups in total. The number of rotatable bonds is 2. The van der Waals surface area contributed by atoms with Crippen molar-refractivity contribution in [3.63, 3.8) is 0 Å². The zero-order valence-corrected chi connectivity index (χ0v) is 8.59. The predicted octanol–water partition coefficient (Wildman–Crippen LogP) is 2.48. The smallest absolute Gasteiger partial charge is 0.160 e. The molecule has 78 valence electrons. The number of aromatic nitrogens is 2. The van der Waals surface area contributed by atoms with Crippen LogP contribution in [0.15, 0.2) is 41.7 Å². The van der Waals surface area contributed by atoms with Gasteiger partial charge in [-0.1, -0.05) is 18.2 Å². The van der Waals surface area contributed by atoms with Crippen LogP contribution in [0.5, 0.6) is 0 Å². The lowest BCUT2D eigenvalue weighted by molar-refractivity contribution is 1.09. The van der Waals surface area contributed by atoms with Gasteiger partial charge in [-0.3, -0.25) is 4.99 Å². The van der Waals surface area contributed by atoms with Gasteiger partial charge in [0.1, 0.15) is 12.0 Å². The molecular weight excluding hydrogens is 200 g/mol. The molecule has 4 nitrogen and oxygen atoms in total. The van der Waals surface area contributed by atoms with Crippen molar-refractivity contribution in [2.45, 2.75) is 6.42 Å². The first kappa shape index (κ1) is 9.03. The van der Waals surface area contributed by atoms with E-state index in [1.807, 2.05) is 36.5 Å². The Balaban J connectivity index is 1.97. The van der Waals surface area contributed by atoms with E-state index in [1.54, 1.807) is 6.33 Å². The maximum Gasteiger partial charge on any atom is 0.160 e. The SMILES string of the molecule is C1=Nc2c(ncnc2Nc2ccccc2)C1. The minimum atomic E-state index is 0.768. The zero-order chi connectivity index (χ0) is 10.8. The Morgan fingerprint density at radius 3 is 2.81 bits per heavy atom. The Bertz CT molecular complexity index is 534. The first-order valence-corrected chi connectivity index (χ1v) is 5.12. The Labute approximate surface area is 93.1 Å². The Morgan fingerprint density at radius 2 is 1.94 bits per heavy atom. The highest BCUT2D eigenvalue weighted by molar-refractivity contribution is 5.81. The summed E-state index contributed by atoms with van der Waals surface area (Å²) in [5, 5.41) is 3.24. The summed E-state index contributed by atoms with van der Waals surface area (Å²) in [6, 6.07) is 9.92. The molecule has 0 unspecified atom stereocenters. The van der Waals surface area contributed by atoms with E-state index in [1.165, 1.54) is 0 Å². The first-order valence-electron chi connectivity index (χ1n) is 5.12. The van der Waals surface area contributed by atoms with E-state index < -0.39 is 0 Å². The van der Waals surface area contributed by atoms with Gasteiger partial charge in [0, 0.05) is 18.3 Å². The third kappa shape index (κ3) is 1.54. The number of anilines is 2. The van der Waals surface area contributed by atoms with Crippen molar-refractivity contribution >= 4 is 23.4 Å². The molecule has 1 aromatic carbocycles. The quantitative estimate of drug-likeness (QED) is 0.828. The number of nitrogens with one attached hydrogen (secondary N) is 1. The third-order valence-corrected chi connectivity index (χ3v) is 2.44. The highest BCUT2D eigenvalue weighted by Gasteiger charge is 2.13. The van der Waals surface area contributed by atoms with Gasteiger partial charge in [-0.25, -0.2) is 9.97 Å². The molecule has 4 heteroatoms. The van der Waals surface area contributed by atoms with Crippen molar-refractivity contribution in [3.05, 3.63) is 42.4 Å². The molecule has 1 aromatic heterocycles. The van der Waals surface area contributed by atoms with Crippen LogP contribution >= 0.6 is 0 Å². The number of fused-ring (bicyclic) bond motifs is 1. The average Bonchev–Trinajstić information content (AvgIpc) is 2.80. The molecule has 1 aliphatic rings. The molecule has 2 heterocycles. The normalized spacial score (nSPS) is 12.5. The second-order valence-electron chi connectivity index (χ2n) is 3.52. The Kier molecular flexibility index (Phi) is 2.11. The van der Waals surface area contributed by atoms with Gasteiger partial charge in [0.2, 0.25) is 0 Å². The zero-order valence-electron chi connectivity index (χ0n) is 8.59. The minimum absolute atomic E-state index is 0.768. The van der Waals surface area contributed by atoms with E-state index in [9.17, 15) is 0 Å². The number of benzene rings is 1. The molecule has 16 heavy (non-hydrogen) atoms. The van der Waals surface area contributed by atoms with E-state index in [2.05, 4.69) is 20.3 Å². The largest absolute Gasteiger partial charge is 0.338 e. The molecule has 0 fully saturated rings. The summed E-state index contributed by atoms with van der Waals surface area (Å²) in [4.78, 5) is 12.7. The van der Waals surface area contributed by atoms with Crippen molar-refractivity contribution in [3.8, 4) is 0 Å². The molecule has 0 amide bonds. The van der Waals surface area contributed by atoms with Gasteiger partial charge in [-0.2, -0.15) is 0 Å². The lowest BCUT2D eigenvalue weighted by Crippen LogP contribution is -1.96. The van der Waals surface area contributed by atoms with Gasteiger partial charge >= 0.3 is 0 Å². The van der Waals surface area contributed by atoms with Crippen LogP contribution in [0, 0.1) is 0 Å². The molecule has 0 saturated carbocycles. The van der Waals surface area contributed by atoms with Crippen molar-refractivity contribution in [2.75, 3.05) is 5.32 Å². The molecule has 0 saturated heterocycles. The fraction of sp³-hybridized carbons (Fsp3) is 0.0833. The monoisotopic (exact) mass is 210 g/mol. The summed E-state index contributed by atoms with van der Waals surface area (Å²) >= 11 is 0. The molecular formula is C12H10N4. The van der Waals surface area contributed by atoms with E-state index in [-0.39, 0.29) is 0 Å². The van der Waals surface area contributed by atoms with E-state index in [4.69, 9.17) is 0 Å². The van der Waals surface area contributed by atoms with Crippen LogP contribution in [-0.2, 0) is 6.42 Å². The second-order valence-corrected chi connectivity index (χ2v) is 3.52. The molecule has 0 atom stereocenters. The van der Waals surface area contributed by atoms with Crippen molar-refractivity contribution in [1.29, 1.82) is 0 Å². The second kappa shape index (κ2) is 3.73. The van der Waals surface area contributed by atoms with Gasteiger partial charge in [-0.15, -0.1) is 0 Å². The molecule has 0 spiro atoms. The van der Waals surface area contributed by atoms with E-state index in [0.717, 1.165) is 29.3 Å². The topological polar surface area (TPSA) is 50.2 Å². The Morgan fingerprint density at radius 1 is 1.06 bits per heavy atom. The molecule has 1 aliphatic heterocycles.